The van der Waals surface area contributed by atoms with Crippen molar-refractivity contribution in [2.75, 3.05) is 32.7 Å². The lowest BCUT2D eigenvalue weighted by Crippen LogP contribution is -2.48. The van der Waals surface area contributed by atoms with E-state index < -0.39 is 0 Å². The number of pyridine rings is 1. The number of rotatable bonds is 6. The number of carbonyl (C=O) groups is 3. The molecule has 27 heavy (non-hydrogen) atoms. The summed E-state index contributed by atoms with van der Waals surface area (Å²) < 4.78 is 0. The summed E-state index contributed by atoms with van der Waals surface area (Å²) in [5, 5.41) is 8.83. The van der Waals surface area contributed by atoms with Gasteiger partial charge in [0.25, 0.3) is 5.91 Å². The van der Waals surface area contributed by atoms with Crippen LogP contribution in [-0.4, -0.2) is 66.4 Å². The second-order valence-corrected chi connectivity index (χ2v) is 7.14. The van der Waals surface area contributed by atoms with Crippen molar-refractivity contribution in [1.29, 1.82) is 0 Å². The van der Waals surface area contributed by atoms with E-state index >= 15 is 0 Å². The van der Waals surface area contributed by atoms with E-state index in [2.05, 4.69) is 20.9 Å². The predicted octanol–water partition coefficient (Wildman–Crippen LogP) is -0.0818. The van der Waals surface area contributed by atoms with Crippen LogP contribution in [0, 0.1) is 5.92 Å². The molecule has 2 fully saturated rings. The number of nitrogens with zero attached hydrogens (tertiary/aromatic N) is 2. The lowest BCUT2D eigenvalue weighted by molar-refractivity contribution is -0.131. The number of nitrogens with one attached hydrogen (secondary N) is 3. The van der Waals surface area contributed by atoms with Crippen molar-refractivity contribution in [3.8, 4) is 0 Å². The smallest absolute Gasteiger partial charge is 0.270 e. The van der Waals surface area contributed by atoms with E-state index in [0.717, 1.165) is 32.2 Å². The minimum Gasteiger partial charge on any atom is -0.354 e. The molecule has 3 rings (SSSR count). The molecule has 2 atom stereocenters. The molecule has 8 nitrogen and oxygen atoms in total. The summed E-state index contributed by atoms with van der Waals surface area (Å²) in [5.74, 6) is -0.153. The number of amides is 3. The maximum absolute atomic E-state index is 12.4. The molecule has 0 saturated carbocycles. The Morgan fingerprint density at radius 1 is 1.19 bits per heavy atom. The molecule has 0 radical (unpaired) electrons. The summed E-state index contributed by atoms with van der Waals surface area (Å²) in [6.45, 7) is 2.74. The number of hydrogen-bond donors (Lipinski definition) is 3. The molecule has 146 valence electrons. The highest BCUT2D eigenvalue weighted by molar-refractivity contribution is 5.94. The maximum Gasteiger partial charge on any atom is 0.270 e. The molecule has 0 aliphatic carbocycles. The number of likely N-dealkylation sites (tertiary alicyclic amines) is 1. The zero-order chi connectivity index (χ0) is 19.1. The third kappa shape index (κ3) is 5.50. The van der Waals surface area contributed by atoms with E-state index in [1.54, 1.807) is 29.3 Å². The molecule has 3 heterocycles. The zero-order valence-corrected chi connectivity index (χ0v) is 15.4. The topological polar surface area (TPSA) is 103 Å². The molecule has 2 aliphatic rings. The molecule has 1 aromatic heterocycles. The maximum atomic E-state index is 12.4. The molecule has 0 aromatic carbocycles. The average molecular weight is 373 g/mol. The van der Waals surface area contributed by atoms with Gasteiger partial charge in [0.2, 0.25) is 11.8 Å². The number of aromatic nitrogens is 1. The molecule has 0 spiro atoms. The van der Waals surface area contributed by atoms with Crippen LogP contribution in [0.25, 0.3) is 0 Å². The minimum absolute atomic E-state index is 0.0412. The fraction of sp³-hybridized carbons (Fsp3) is 0.579. The Labute approximate surface area is 159 Å². The van der Waals surface area contributed by atoms with Crippen LogP contribution in [0.2, 0.25) is 0 Å². The highest BCUT2D eigenvalue weighted by Crippen LogP contribution is 2.16. The summed E-state index contributed by atoms with van der Waals surface area (Å²) >= 11 is 0. The van der Waals surface area contributed by atoms with E-state index in [1.807, 2.05) is 0 Å². The second kappa shape index (κ2) is 9.45. The van der Waals surface area contributed by atoms with Gasteiger partial charge in [-0.25, -0.2) is 0 Å². The van der Waals surface area contributed by atoms with Crippen LogP contribution in [0.1, 0.15) is 36.2 Å². The van der Waals surface area contributed by atoms with Crippen LogP contribution in [0.15, 0.2) is 24.4 Å². The quantitative estimate of drug-likeness (QED) is 0.647. The van der Waals surface area contributed by atoms with Crippen LogP contribution in [0.4, 0.5) is 0 Å². The van der Waals surface area contributed by atoms with Crippen LogP contribution in [0.5, 0.6) is 0 Å². The fourth-order valence-corrected chi connectivity index (χ4v) is 3.59. The summed E-state index contributed by atoms with van der Waals surface area (Å²) in [5.41, 5.74) is 0.296. The Balaban J connectivity index is 1.41. The van der Waals surface area contributed by atoms with Gasteiger partial charge in [-0.05, 0) is 50.3 Å². The van der Waals surface area contributed by atoms with Crippen LogP contribution >= 0.6 is 0 Å². The van der Waals surface area contributed by atoms with Crippen LogP contribution < -0.4 is 16.0 Å². The molecule has 0 bridgehead atoms. The summed E-state index contributed by atoms with van der Waals surface area (Å²) in [6.07, 6.45) is 5.36. The molecule has 2 saturated heterocycles. The first-order valence-corrected chi connectivity index (χ1v) is 9.61. The molecular formula is C19H27N5O3. The fourth-order valence-electron chi connectivity index (χ4n) is 3.59. The molecule has 3 amide bonds. The van der Waals surface area contributed by atoms with Gasteiger partial charge in [0.1, 0.15) is 5.69 Å². The van der Waals surface area contributed by atoms with Crippen molar-refractivity contribution in [2.24, 2.45) is 5.92 Å². The Morgan fingerprint density at radius 2 is 2.07 bits per heavy atom. The van der Waals surface area contributed by atoms with E-state index in [0.29, 0.717) is 25.3 Å². The number of hydrogen-bond acceptors (Lipinski definition) is 5. The van der Waals surface area contributed by atoms with E-state index in [-0.39, 0.29) is 36.2 Å². The Bertz CT molecular complexity index is 661. The highest BCUT2D eigenvalue weighted by Gasteiger charge is 2.26. The van der Waals surface area contributed by atoms with Crippen molar-refractivity contribution in [3.05, 3.63) is 30.1 Å². The molecular weight excluding hydrogens is 346 g/mol. The molecule has 1 aromatic rings. The molecule has 8 heteroatoms. The van der Waals surface area contributed by atoms with Gasteiger partial charge >= 0.3 is 0 Å². The van der Waals surface area contributed by atoms with Crippen molar-refractivity contribution in [2.45, 2.75) is 31.7 Å². The first-order chi connectivity index (χ1) is 13.1. The van der Waals surface area contributed by atoms with Gasteiger partial charge < -0.3 is 20.9 Å². The Hall–Kier alpha value is -2.48. The average Bonchev–Trinajstić information content (AvgIpc) is 3.26. The number of carbonyl (C=O) groups excluding carboxylic acids is 3. The Kier molecular flexibility index (Phi) is 6.75. The predicted molar refractivity (Wildman–Crippen MR) is 99.9 cm³/mol. The second-order valence-electron chi connectivity index (χ2n) is 7.14. The summed E-state index contributed by atoms with van der Waals surface area (Å²) in [6, 6.07) is 5.00. The number of piperidine rings is 1. The molecule has 3 N–H and O–H groups in total. The summed E-state index contributed by atoms with van der Waals surface area (Å²) in [4.78, 5) is 42.3. The van der Waals surface area contributed by atoms with E-state index in [4.69, 9.17) is 0 Å². The van der Waals surface area contributed by atoms with Crippen molar-refractivity contribution >= 4 is 17.7 Å². The standard InChI is InChI=1S/C19H27N5O3/c25-17(12-23-19(27)15-6-1-2-8-20-15)24-10-4-5-14(13-24)11-22-18(26)16-7-3-9-21-16/h1-2,6,8,14,16,21H,3-5,7,9-13H2,(H,22,26)(H,23,27). The zero-order valence-electron chi connectivity index (χ0n) is 15.4. The lowest BCUT2D eigenvalue weighted by Gasteiger charge is -2.33. The van der Waals surface area contributed by atoms with Gasteiger partial charge in [-0.15, -0.1) is 0 Å². The SMILES string of the molecule is O=C(NCC(=O)N1CCCC(CNC(=O)C2CCCN2)C1)c1ccccn1. The third-order valence-corrected chi connectivity index (χ3v) is 5.11. The van der Waals surface area contributed by atoms with Gasteiger partial charge in [0.15, 0.2) is 0 Å². The third-order valence-electron chi connectivity index (χ3n) is 5.11. The van der Waals surface area contributed by atoms with Crippen LogP contribution in [0.3, 0.4) is 0 Å². The highest BCUT2D eigenvalue weighted by atomic mass is 16.2. The lowest BCUT2D eigenvalue weighted by atomic mass is 9.97. The van der Waals surface area contributed by atoms with Gasteiger partial charge in [0, 0.05) is 25.8 Å². The minimum atomic E-state index is -0.353. The van der Waals surface area contributed by atoms with E-state index in [9.17, 15) is 14.4 Å². The Morgan fingerprint density at radius 3 is 2.81 bits per heavy atom. The van der Waals surface area contributed by atoms with Crippen molar-refractivity contribution < 1.29 is 14.4 Å². The van der Waals surface area contributed by atoms with Gasteiger partial charge in [-0.1, -0.05) is 6.07 Å². The molecule has 2 aliphatic heterocycles. The summed E-state index contributed by atoms with van der Waals surface area (Å²) in [7, 11) is 0. The first kappa shape index (κ1) is 19.3. The monoisotopic (exact) mass is 373 g/mol. The van der Waals surface area contributed by atoms with Crippen LogP contribution in [-0.2, 0) is 9.59 Å². The van der Waals surface area contributed by atoms with Gasteiger partial charge in [-0.3, -0.25) is 19.4 Å². The van der Waals surface area contributed by atoms with Crippen molar-refractivity contribution in [1.82, 2.24) is 25.8 Å². The van der Waals surface area contributed by atoms with Gasteiger partial charge in [0.05, 0.1) is 12.6 Å². The van der Waals surface area contributed by atoms with Crippen molar-refractivity contribution in [3.63, 3.8) is 0 Å². The first-order valence-electron chi connectivity index (χ1n) is 9.61. The van der Waals surface area contributed by atoms with E-state index in [1.165, 1.54) is 0 Å². The largest absolute Gasteiger partial charge is 0.354 e. The van der Waals surface area contributed by atoms with Gasteiger partial charge in [-0.2, -0.15) is 0 Å². The molecule has 2 unspecified atom stereocenters. The normalized spacial score (nSPS) is 22.3.